The summed E-state index contributed by atoms with van der Waals surface area (Å²) in [6, 6.07) is 10.7. The van der Waals surface area contributed by atoms with Gasteiger partial charge in [0.1, 0.15) is 17.2 Å². The van der Waals surface area contributed by atoms with E-state index in [1.165, 1.54) is 38.1 Å². The highest BCUT2D eigenvalue weighted by Gasteiger charge is 2.28. The van der Waals surface area contributed by atoms with E-state index >= 15 is 0 Å². The van der Waals surface area contributed by atoms with Gasteiger partial charge >= 0.3 is 0 Å². The number of aryl methyl sites for hydroxylation is 1. The molecule has 2 aliphatic rings. The Morgan fingerprint density at radius 1 is 1.12 bits per heavy atom. The van der Waals surface area contributed by atoms with E-state index < -0.39 is 0 Å². The Bertz CT molecular complexity index is 1220. The second-order valence-electron chi connectivity index (χ2n) is 8.56. The van der Waals surface area contributed by atoms with E-state index in [0.29, 0.717) is 11.3 Å². The summed E-state index contributed by atoms with van der Waals surface area (Å²) < 4.78 is 13.6. The number of phenolic OH excluding ortho intramolecular Hbond substituents is 1. The molecule has 0 saturated carbocycles. The van der Waals surface area contributed by atoms with E-state index in [2.05, 4.69) is 22.5 Å². The molecule has 0 radical (unpaired) electrons. The fraction of sp³-hybridized carbons (Fsp3) is 0.346. The molecular weight excluding hydrogens is 404 g/mol. The average molecular weight is 433 g/mol. The van der Waals surface area contributed by atoms with Gasteiger partial charge in [0.2, 0.25) is 5.78 Å². The smallest absolute Gasteiger partial charge is 0.231 e. The maximum absolute atomic E-state index is 12.9. The molecule has 2 aliphatic heterocycles. The fourth-order valence-electron chi connectivity index (χ4n) is 4.85. The van der Waals surface area contributed by atoms with Gasteiger partial charge in [-0.15, -0.1) is 0 Å². The van der Waals surface area contributed by atoms with Gasteiger partial charge in [-0.1, -0.05) is 0 Å². The molecule has 5 rings (SSSR count). The van der Waals surface area contributed by atoms with Crippen LogP contribution in [0.4, 0.5) is 0 Å². The highest BCUT2D eigenvalue weighted by Crippen LogP contribution is 2.37. The van der Waals surface area contributed by atoms with Crippen LogP contribution >= 0.6 is 0 Å². The number of hydrogen-bond donors (Lipinski definition) is 1. The van der Waals surface area contributed by atoms with Crippen molar-refractivity contribution in [2.24, 2.45) is 0 Å². The van der Waals surface area contributed by atoms with Gasteiger partial charge in [-0.05, 0) is 82.2 Å². The van der Waals surface area contributed by atoms with E-state index in [9.17, 15) is 9.90 Å². The highest BCUT2D eigenvalue weighted by atomic mass is 16.5. The summed E-state index contributed by atoms with van der Waals surface area (Å²) in [5, 5.41) is 10.8. The number of aromatic hydroxyl groups is 1. The lowest BCUT2D eigenvalue weighted by atomic mass is 10.1. The van der Waals surface area contributed by atoms with Crippen molar-refractivity contribution in [2.75, 3.05) is 26.7 Å². The van der Waals surface area contributed by atoms with Gasteiger partial charge in [0, 0.05) is 34.8 Å². The molecule has 0 unspecified atom stereocenters. The number of rotatable bonds is 6. The third-order valence-electron chi connectivity index (χ3n) is 6.56. The van der Waals surface area contributed by atoms with Crippen molar-refractivity contribution in [3.63, 3.8) is 0 Å². The predicted molar refractivity (Wildman–Crippen MR) is 125 cm³/mol. The molecule has 1 aromatic heterocycles. The Balaban J connectivity index is 1.51. The number of ketones is 1. The van der Waals surface area contributed by atoms with Crippen molar-refractivity contribution in [3.05, 3.63) is 59.0 Å². The van der Waals surface area contributed by atoms with Gasteiger partial charge < -0.3 is 24.0 Å². The fourth-order valence-corrected chi connectivity index (χ4v) is 4.85. The number of carbonyl (C=O) groups excluding carboxylic acids is 1. The number of aromatic nitrogens is 1. The molecule has 1 N–H and O–H groups in total. The summed E-state index contributed by atoms with van der Waals surface area (Å²) in [6.45, 7) is 6.52. The summed E-state index contributed by atoms with van der Waals surface area (Å²) in [6.07, 6.45) is 5.51. The number of carbonyl (C=O) groups is 1. The molecule has 0 atom stereocenters. The van der Waals surface area contributed by atoms with Crippen molar-refractivity contribution in [2.45, 2.75) is 32.7 Å². The van der Waals surface area contributed by atoms with Gasteiger partial charge in [-0.3, -0.25) is 4.79 Å². The van der Waals surface area contributed by atoms with E-state index in [1.807, 2.05) is 18.2 Å². The first-order chi connectivity index (χ1) is 15.5. The predicted octanol–water partition coefficient (Wildman–Crippen LogP) is 4.77. The van der Waals surface area contributed by atoms with Gasteiger partial charge in [-0.2, -0.15) is 0 Å². The van der Waals surface area contributed by atoms with Crippen molar-refractivity contribution in [1.29, 1.82) is 0 Å². The summed E-state index contributed by atoms with van der Waals surface area (Å²) >= 11 is 0. The molecule has 2 aromatic carbocycles. The molecule has 166 valence electrons. The third kappa shape index (κ3) is 3.65. The Morgan fingerprint density at radius 3 is 2.72 bits per heavy atom. The van der Waals surface area contributed by atoms with Crippen LogP contribution < -0.4 is 9.47 Å². The van der Waals surface area contributed by atoms with Crippen molar-refractivity contribution < 1.29 is 19.4 Å². The van der Waals surface area contributed by atoms with E-state index in [0.717, 1.165) is 47.4 Å². The topological polar surface area (TPSA) is 63.9 Å². The molecule has 3 heterocycles. The summed E-state index contributed by atoms with van der Waals surface area (Å²) in [5.41, 5.74) is 3.65. The molecular formula is C26H28N2O4. The summed E-state index contributed by atoms with van der Waals surface area (Å²) in [5.74, 6) is 1.35. The number of benzene rings is 2. The Labute approximate surface area is 187 Å². The summed E-state index contributed by atoms with van der Waals surface area (Å²) in [4.78, 5) is 15.4. The minimum Gasteiger partial charge on any atom is -0.508 e. The lowest BCUT2D eigenvalue weighted by Gasteiger charge is -2.15. The molecule has 6 nitrogen and oxygen atoms in total. The van der Waals surface area contributed by atoms with Crippen LogP contribution in [0, 0.1) is 6.92 Å². The van der Waals surface area contributed by atoms with Crippen LogP contribution in [0.2, 0.25) is 0 Å². The van der Waals surface area contributed by atoms with Crippen LogP contribution in [0.3, 0.4) is 0 Å². The maximum Gasteiger partial charge on any atom is 0.231 e. The summed E-state index contributed by atoms with van der Waals surface area (Å²) in [7, 11) is 1.66. The number of ether oxygens (including phenoxy) is 2. The lowest BCUT2D eigenvalue weighted by molar-refractivity contribution is 0.101. The minimum absolute atomic E-state index is 0.0771. The number of fused-ring (bicyclic) bond motifs is 2. The lowest BCUT2D eigenvalue weighted by Crippen LogP contribution is -2.21. The molecule has 0 bridgehead atoms. The largest absolute Gasteiger partial charge is 0.508 e. The van der Waals surface area contributed by atoms with Crippen molar-refractivity contribution in [3.8, 4) is 17.2 Å². The zero-order valence-electron chi connectivity index (χ0n) is 18.6. The van der Waals surface area contributed by atoms with E-state index in [4.69, 9.17) is 9.47 Å². The first-order valence-corrected chi connectivity index (χ1v) is 11.2. The first-order valence-electron chi connectivity index (χ1n) is 11.2. The Hall–Kier alpha value is -3.25. The van der Waals surface area contributed by atoms with Gasteiger partial charge in [-0.25, -0.2) is 0 Å². The van der Waals surface area contributed by atoms with E-state index in [1.54, 1.807) is 13.2 Å². The quantitative estimate of drug-likeness (QED) is 0.569. The number of allylic oxidation sites excluding steroid dienone is 1. The molecule has 1 fully saturated rings. The van der Waals surface area contributed by atoms with Gasteiger partial charge in [0.15, 0.2) is 5.76 Å². The number of nitrogens with zero attached hydrogens (tertiary/aromatic N) is 2. The molecule has 0 amide bonds. The highest BCUT2D eigenvalue weighted by molar-refractivity contribution is 6.15. The third-order valence-corrected chi connectivity index (χ3v) is 6.56. The van der Waals surface area contributed by atoms with E-state index in [-0.39, 0.29) is 17.3 Å². The molecule has 32 heavy (non-hydrogen) atoms. The average Bonchev–Trinajstić information content (AvgIpc) is 3.48. The standard InChI is InChI=1S/C26H28N2O4/c1-17-21(16-25-26(30)20-8-6-18(29)14-24(20)32-25)22-15-19(31-2)7-9-23(22)28(17)13-5-12-27-10-3-4-11-27/h6-9,14-16,29H,3-5,10-13H2,1-2H3. The maximum atomic E-state index is 12.9. The van der Waals surface area contributed by atoms with Crippen LogP contribution in [0.25, 0.3) is 17.0 Å². The van der Waals surface area contributed by atoms with Crippen LogP contribution in [-0.2, 0) is 6.54 Å². The SMILES string of the molecule is COc1ccc2c(c1)c(C=C1Oc3cc(O)ccc3C1=O)c(C)n2CCCN1CCCC1. The van der Waals surface area contributed by atoms with Crippen LogP contribution in [-0.4, -0.2) is 47.1 Å². The first kappa shape index (κ1) is 20.6. The van der Waals surface area contributed by atoms with Crippen LogP contribution in [0.15, 0.2) is 42.2 Å². The van der Waals surface area contributed by atoms with Crippen molar-refractivity contribution >= 4 is 22.8 Å². The van der Waals surface area contributed by atoms with Gasteiger partial charge in [0.05, 0.1) is 12.7 Å². The monoisotopic (exact) mass is 432 g/mol. The van der Waals surface area contributed by atoms with Crippen molar-refractivity contribution in [1.82, 2.24) is 9.47 Å². The zero-order chi connectivity index (χ0) is 22.2. The molecule has 6 heteroatoms. The number of hydrogen-bond acceptors (Lipinski definition) is 5. The van der Waals surface area contributed by atoms with Crippen LogP contribution in [0.5, 0.6) is 17.2 Å². The number of likely N-dealkylation sites (tertiary alicyclic amines) is 1. The molecule has 0 spiro atoms. The minimum atomic E-state index is -0.169. The second kappa shape index (κ2) is 8.36. The normalized spacial score (nSPS) is 17.3. The molecule has 3 aromatic rings. The number of Topliss-reactive ketones (excluding diaryl/α,β-unsaturated/α-hetero) is 1. The second-order valence-corrected chi connectivity index (χ2v) is 8.56. The van der Waals surface area contributed by atoms with Crippen LogP contribution in [0.1, 0.15) is 40.9 Å². The zero-order valence-corrected chi connectivity index (χ0v) is 18.6. The van der Waals surface area contributed by atoms with Gasteiger partial charge in [0.25, 0.3) is 0 Å². The molecule has 1 saturated heterocycles. The molecule has 0 aliphatic carbocycles. The Morgan fingerprint density at radius 2 is 1.94 bits per heavy atom. The Kier molecular flexibility index (Phi) is 5.39. The number of methoxy groups -OCH3 is 1. The number of phenols is 1.